The molecule has 0 saturated carbocycles. The lowest BCUT2D eigenvalue weighted by Gasteiger charge is -2.17. The van der Waals surface area contributed by atoms with Crippen molar-refractivity contribution in [2.24, 2.45) is 0 Å². The first-order valence-corrected chi connectivity index (χ1v) is 13.0. The number of allylic oxidation sites excluding steroid dienone is 1. The van der Waals surface area contributed by atoms with Gasteiger partial charge in [0.05, 0.1) is 16.1 Å². The third-order valence-corrected chi connectivity index (χ3v) is 8.94. The minimum Gasteiger partial charge on any atom is -0.480 e. The highest BCUT2D eigenvalue weighted by atomic mass is 32.2. The number of thioether (sulfide) groups is 2. The lowest BCUT2D eigenvalue weighted by molar-refractivity contribution is -0.140. The summed E-state index contributed by atoms with van der Waals surface area (Å²) in [6, 6.07) is 5.57. The van der Waals surface area contributed by atoms with E-state index in [9.17, 15) is 14.4 Å². The van der Waals surface area contributed by atoms with Crippen LogP contribution in [0.25, 0.3) is 15.8 Å². The lowest BCUT2D eigenvalue weighted by Crippen LogP contribution is -2.35. The Labute approximate surface area is 212 Å². The number of aliphatic carboxylic acids is 1. The highest BCUT2D eigenvalue weighted by molar-refractivity contribution is 8.30. The van der Waals surface area contributed by atoms with E-state index in [0.29, 0.717) is 28.0 Å². The molecule has 1 aromatic carbocycles. The third-order valence-electron chi connectivity index (χ3n) is 5.10. The Morgan fingerprint density at radius 3 is 2.59 bits per heavy atom. The molecule has 0 radical (unpaired) electrons. The summed E-state index contributed by atoms with van der Waals surface area (Å²) in [5.41, 5.74) is 1.32. The maximum absolute atomic E-state index is 13.1. The molecular weight excluding hydrogens is 513 g/mol. The van der Waals surface area contributed by atoms with Crippen molar-refractivity contribution in [3.8, 4) is 0 Å². The maximum atomic E-state index is 13.1. The average molecular weight is 531 g/mol. The summed E-state index contributed by atoms with van der Waals surface area (Å²) in [7, 11) is 0. The summed E-state index contributed by atoms with van der Waals surface area (Å²) in [6.45, 7) is 11.6. The zero-order chi connectivity index (χ0) is 24.6. The maximum Gasteiger partial charge on any atom is 0.323 e. The van der Waals surface area contributed by atoms with Crippen molar-refractivity contribution in [2.75, 3.05) is 18.0 Å². The molecule has 2 aromatic rings. The Bertz CT molecular complexity index is 1480. The Kier molecular flexibility index (Phi) is 6.99. The minimum atomic E-state index is -1.16. The number of carbonyl (C=O) groups excluding carboxylic acids is 1. The summed E-state index contributed by atoms with van der Waals surface area (Å²) in [6.07, 6.45) is 3.62. The molecule has 8 nitrogen and oxygen atoms in total. The molecule has 0 atom stereocenters. The van der Waals surface area contributed by atoms with Crippen molar-refractivity contribution in [1.29, 1.82) is 0 Å². The number of carbonyl (C=O) groups is 2. The van der Waals surface area contributed by atoms with Gasteiger partial charge in [0.1, 0.15) is 20.4 Å². The molecule has 1 N–H and O–H groups in total. The van der Waals surface area contributed by atoms with E-state index in [1.807, 2.05) is 32.1 Å². The monoisotopic (exact) mass is 530 g/mol. The van der Waals surface area contributed by atoms with Crippen molar-refractivity contribution < 1.29 is 14.7 Å². The Morgan fingerprint density at radius 1 is 1.18 bits per heavy atom. The van der Waals surface area contributed by atoms with E-state index >= 15 is 0 Å². The van der Waals surface area contributed by atoms with Gasteiger partial charge in [-0.3, -0.25) is 23.9 Å². The number of benzene rings is 1. The highest BCUT2D eigenvalue weighted by Gasteiger charge is 2.35. The molecule has 3 heterocycles. The summed E-state index contributed by atoms with van der Waals surface area (Å²) in [5.74, 6) is -1.66. The number of thiocarbonyl (C=S) groups is 1. The van der Waals surface area contributed by atoms with E-state index in [-0.39, 0.29) is 14.8 Å². The molecule has 2 aliphatic rings. The molecule has 12 heteroatoms. The summed E-state index contributed by atoms with van der Waals surface area (Å²) in [4.78, 5) is 44.9. The number of hydrogen-bond donors (Lipinski definition) is 1. The second-order valence-corrected chi connectivity index (χ2v) is 10.8. The average Bonchev–Trinajstić information content (AvgIpc) is 3.42. The quantitative estimate of drug-likeness (QED) is 0.467. The first-order valence-electron chi connectivity index (χ1n) is 10.2. The molecule has 1 saturated heterocycles. The molecule has 1 fully saturated rings. The molecule has 4 rings (SSSR count). The van der Waals surface area contributed by atoms with Crippen molar-refractivity contribution >= 4 is 85.6 Å². The Balaban J connectivity index is 1.78. The summed E-state index contributed by atoms with van der Waals surface area (Å²) >= 11 is 8.96. The molecule has 2 aliphatic heterocycles. The van der Waals surface area contributed by atoms with Gasteiger partial charge in [0, 0.05) is 23.7 Å². The molecule has 0 spiro atoms. The van der Waals surface area contributed by atoms with Gasteiger partial charge in [-0.25, -0.2) is 4.85 Å². The number of thiazole rings is 1. The first-order chi connectivity index (χ1) is 16.3. The number of fused-ring (bicyclic) bond motifs is 1. The largest absolute Gasteiger partial charge is 0.480 e. The van der Waals surface area contributed by atoms with Crippen molar-refractivity contribution in [1.82, 2.24) is 9.47 Å². The number of hydrogen-bond acceptors (Lipinski definition) is 8. The van der Waals surface area contributed by atoms with E-state index in [0.717, 1.165) is 32.3 Å². The summed E-state index contributed by atoms with van der Waals surface area (Å²) < 4.78 is 2.61. The Hall–Kier alpha value is -2.85. The van der Waals surface area contributed by atoms with Crippen LogP contribution in [0, 0.1) is 6.57 Å². The molecule has 174 valence electrons. The van der Waals surface area contributed by atoms with Gasteiger partial charge in [0.25, 0.3) is 11.5 Å². The second kappa shape index (κ2) is 9.79. The number of rotatable bonds is 5. The van der Waals surface area contributed by atoms with Crippen molar-refractivity contribution in [2.45, 2.75) is 25.3 Å². The van der Waals surface area contributed by atoms with Gasteiger partial charge in [-0.05, 0) is 32.1 Å². The molecule has 34 heavy (non-hydrogen) atoms. The number of carboxylic acids is 1. The fraction of sp³-hybridized carbons (Fsp3) is 0.227. The third kappa shape index (κ3) is 4.32. The predicted molar refractivity (Wildman–Crippen MR) is 141 cm³/mol. The zero-order valence-corrected chi connectivity index (χ0v) is 21.4. The van der Waals surface area contributed by atoms with Crippen LogP contribution in [0.4, 0.5) is 11.4 Å². The van der Waals surface area contributed by atoms with Crippen LogP contribution in [-0.4, -0.2) is 43.9 Å². The van der Waals surface area contributed by atoms with Crippen molar-refractivity contribution in [3.05, 3.63) is 60.3 Å². The standard InChI is InChI=1S/C22H18N4O4S4/c1-4-24-13-10-12(23-3)6-7-14(13)32-16(24)9-8-15-19(29)25(5-2)21(33-15)18-20(30)26(11-17(27)28)22(31)34-18/h6-10H,4-5,11H2,1-2H3,(H,27,28)/b15-8+,16-9-,21-18-. The van der Waals surface area contributed by atoms with Gasteiger partial charge in [-0.2, -0.15) is 0 Å². The van der Waals surface area contributed by atoms with Gasteiger partial charge < -0.3 is 10.0 Å². The van der Waals surface area contributed by atoms with Gasteiger partial charge in [-0.1, -0.05) is 47.9 Å². The van der Waals surface area contributed by atoms with Crippen LogP contribution in [-0.2, 0) is 16.1 Å². The van der Waals surface area contributed by atoms with E-state index in [1.165, 1.54) is 15.9 Å². The predicted octanol–water partition coefficient (Wildman–Crippen LogP) is 2.79. The van der Waals surface area contributed by atoms with Crippen molar-refractivity contribution in [3.63, 3.8) is 0 Å². The second-order valence-electron chi connectivity index (χ2n) is 7.08. The molecule has 0 unspecified atom stereocenters. The topological polar surface area (TPSA) is 87.2 Å². The molecule has 0 bridgehead atoms. The van der Waals surface area contributed by atoms with Gasteiger partial charge in [0.15, 0.2) is 5.69 Å². The lowest BCUT2D eigenvalue weighted by atomic mass is 10.2. The van der Waals surface area contributed by atoms with Crippen LogP contribution in [0.3, 0.4) is 0 Å². The zero-order valence-electron chi connectivity index (χ0n) is 18.1. The fourth-order valence-corrected chi connectivity index (χ4v) is 7.17. The number of nitrogens with zero attached hydrogens (tertiary/aromatic N) is 4. The first kappa shape index (κ1) is 24.3. The number of carboxylic acid groups (broad SMARTS) is 1. The SMILES string of the molecule is [C-]#[N+]c1ccc2c(c1)N(CC)/C(=C/C=c1/s/c(=C3\SC(=S)N(CC(=O)O)C3=O)n(CC)c1=O)S2. The van der Waals surface area contributed by atoms with E-state index in [2.05, 4.69) is 9.74 Å². The number of aromatic nitrogens is 1. The van der Waals surface area contributed by atoms with E-state index in [4.69, 9.17) is 23.9 Å². The van der Waals surface area contributed by atoms with Crippen LogP contribution in [0.2, 0.25) is 0 Å². The minimum absolute atomic E-state index is 0.163. The fourth-order valence-electron chi connectivity index (χ4n) is 3.54. The Morgan fingerprint density at radius 2 is 1.94 bits per heavy atom. The molecule has 0 aliphatic carbocycles. The van der Waals surface area contributed by atoms with Gasteiger partial charge >= 0.3 is 5.97 Å². The van der Waals surface area contributed by atoms with Crippen LogP contribution >= 0.6 is 47.1 Å². The van der Waals surface area contributed by atoms with Crippen LogP contribution in [0.1, 0.15) is 13.8 Å². The molecular formula is C22H18N4O4S4. The van der Waals surface area contributed by atoms with E-state index in [1.54, 1.807) is 23.9 Å². The number of anilines is 1. The normalized spacial score (nSPS) is 18.7. The van der Waals surface area contributed by atoms with Crippen LogP contribution < -0.4 is 19.7 Å². The summed E-state index contributed by atoms with van der Waals surface area (Å²) in [5, 5.41) is 10.0. The highest BCUT2D eigenvalue weighted by Crippen LogP contribution is 2.47. The van der Waals surface area contributed by atoms with Crippen LogP contribution in [0.15, 0.2) is 39.0 Å². The van der Waals surface area contributed by atoms with Gasteiger partial charge in [-0.15, -0.1) is 11.3 Å². The van der Waals surface area contributed by atoms with E-state index < -0.39 is 18.4 Å². The van der Waals surface area contributed by atoms with Gasteiger partial charge in [0.2, 0.25) is 0 Å². The molecule has 1 aromatic heterocycles. The smallest absolute Gasteiger partial charge is 0.323 e. The number of amides is 1. The van der Waals surface area contributed by atoms with Crippen LogP contribution in [0.5, 0.6) is 0 Å². The molecule has 1 amide bonds.